The topological polar surface area (TPSA) is 122 Å². The van der Waals surface area contributed by atoms with Gasteiger partial charge >= 0.3 is 5.97 Å². The SMILES string of the molecule is COc1cc2c(Oc3ccc(NC(=O)c4ccccc4)cc3)c(C3CC3)cnc2cc1OCC[C@H](N)C(=O)OC1CCCC1. The molecule has 4 aromatic rings. The first-order valence-corrected chi connectivity index (χ1v) is 15.2. The minimum Gasteiger partial charge on any atom is -0.493 e. The number of methoxy groups -OCH3 is 1. The summed E-state index contributed by atoms with van der Waals surface area (Å²) in [6.45, 7) is 0.222. The van der Waals surface area contributed by atoms with Crippen molar-refractivity contribution in [2.45, 2.75) is 63.0 Å². The van der Waals surface area contributed by atoms with E-state index in [0.717, 1.165) is 55.2 Å². The number of nitrogens with zero attached hydrogens (tertiary/aromatic N) is 1. The molecule has 2 saturated carbocycles. The molecule has 0 bridgehead atoms. The Hall–Kier alpha value is -4.63. The number of anilines is 1. The molecule has 9 heteroatoms. The summed E-state index contributed by atoms with van der Waals surface area (Å²) in [5.41, 5.74) is 9.08. The van der Waals surface area contributed by atoms with Gasteiger partial charge in [-0.05, 0) is 86.9 Å². The number of hydrogen-bond acceptors (Lipinski definition) is 8. The molecule has 0 saturated heterocycles. The third-order valence-electron chi connectivity index (χ3n) is 8.09. The molecular formula is C35H37N3O6. The third-order valence-corrected chi connectivity index (χ3v) is 8.09. The molecule has 2 fully saturated rings. The van der Waals surface area contributed by atoms with Gasteiger partial charge in [0.1, 0.15) is 23.6 Å². The summed E-state index contributed by atoms with van der Waals surface area (Å²) in [6, 6.07) is 19.3. The van der Waals surface area contributed by atoms with E-state index in [2.05, 4.69) is 5.32 Å². The van der Waals surface area contributed by atoms with Crippen molar-refractivity contribution in [3.05, 3.63) is 84.1 Å². The number of hydrogen-bond donors (Lipinski definition) is 2. The number of aromatic nitrogens is 1. The number of pyridine rings is 1. The van der Waals surface area contributed by atoms with Gasteiger partial charge in [0.05, 0.1) is 19.2 Å². The van der Waals surface area contributed by atoms with Gasteiger partial charge in [-0.25, -0.2) is 0 Å². The molecular weight excluding hydrogens is 558 g/mol. The van der Waals surface area contributed by atoms with E-state index in [9.17, 15) is 9.59 Å². The summed E-state index contributed by atoms with van der Waals surface area (Å²) in [5, 5.41) is 3.72. The van der Waals surface area contributed by atoms with Crippen LogP contribution in [-0.2, 0) is 9.53 Å². The van der Waals surface area contributed by atoms with Crippen LogP contribution >= 0.6 is 0 Å². The highest BCUT2D eigenvalue weighted by Crippen LogP contribution is 2.48. The maximum absolute atomic E-state index is 12.5. The molecule has 0 radical (unpaired) electrons. The van der Waals surface area contributed by atoms with Gasteiger partial charge < -0.3 is 30.0 Å². The number of ether oxygens (including phenoxy) is 4. The smallest absolute Gasteiger partial charge is 0.323 e. The fourth-order valence-electron chi connectivity index (χ4n) is 5.45. The Morgan fingerprint density at radius 3 is 2.43 bits per heavy atom. The van der Waals surface area contributed by atoms with Gasteiger partial charge in [0.15, 0.2) is 11.5 Å². The average Bonchev–Trinajstić information content (AvgIpc) is 3.77. The van der Waals surface area contributed by atoms with Crippen molar-refractivity contribution in [2.24, 2.45) is 5.73 Å². The minimum atomic E-state index is -0.751. The number of benzene rings is 3. The first-order chi connectivity index (χ1) is 21.5. The maximum atomic E-state index is 12.5. The summed E-state index contributed by atoms with van der Waals surface area (Å²) in [6.07, 6.45) is 8.31. The number of rotatable bonds is 12. The highest BCUT2D eigenvalue weighted by molar-refractivity contribution is 6.04. The molecule has 0 unspecified atom stereocenters. The van der Waals surface area contributed by atoms with Gasteiger partial charge in [0.25, 0.3) is 5.91 Å². The molecule has 3 N–H and O–H groups in total. The van der Waals surface area contributed by atoms with Crippen molar-refractivity contribution in [2.75, 3.05) is 19.0 Å². The summed E-state index contributed by atoms with van der Waals surface area (Å²) in [5.74, 6) is 2.22. The summed E-state index contributed by atoms with van der Waals surface area (Å²) < 4.78 is 23.7. The van der Waals surface area contributed by atoms with Gasteiger partial charge in [-0.15, -0.1) is 0 Å². The van der Waals surface area contributed by atoms with E-state index in [1.807, 2.05) is 60.8 Å². The number of esters is 1. The summed E-state index contributed by atoms with van der Waals surface area (Å²) >= 11 is 0. The number of nitrogens with two attached hydrogens (primary N) is 1. The molecule has 1 aromatic heterocycles. The second-order valence-corrected chi connectivity index (χ2v) is 11.4. The lowest BCUT2D eigenvalue weighted by molar-refractivity contribution is -0.150. The van der Waals surface area contributed by atoms with E-state index in [-0.39, 0.29) is 24.6 Å². The normalized spacial score (nSPS) is 15.5. The van der Waals surface area contributed by atoms with Crippen LogP contribution in [-0.4, -0.2) is 42.7 Å². The third kappa shape index (κ3) is 6.94. The Kier molecular flexibility index (Phi) is 8.93. The lowest BCUT2D eigenvalue weighted by atomic mass is 10.1. The lowest BCUT2D eigenvalue weighted by Crippen LogP contribution is -2.35. The average molecular weight is 596 g/mol. The Bertz CT molecular complexity index is 1620. The first kappa shape index (κ1) is 29.4. The monoisotopic (exact) mass is 595 g/mol. The van der Waals surface area contributed by atoms with Crippen LogP contribution in [0.5, 0.6) is 23.0 Å². The van der Waals surface area contributed by atoms with E-state index in [1.165, 1.54) is 0 Å². The molecule has 6 rings (SSSR count). The highest BCUT2D eigenvalue weighted by atomic mass is 16.5. The van der Waals surface area contributed by atoms with Crippen LogP contribution in [0.3, 0.4) is 0 Å². The Labute approximate surface area is 256 Å². The van der Waals surface area contributed by atoms with E-state index >= 15 is 0 Å². The summed E-state index contributed by atoms with van der Waals surface area (Å²) in [7, 11) is 1.58. The predicted octanol–water partition coefficient (Wildman–Crippen LogP) is 6.75. The Morgan fingerprint density at radius 2 is 1.73 bits per heavy atom. The quantitative estimate of drug-likeness (QED) is 0.173. The highest BCUT2D eigenvalue weighted by Gasteiger charge is 2.29. The molecule has 44 heavy (non-hydrogen) atoms. The lowest BCUT2D eigenvalue weighted by Gasteiger charge is -2.18. The summed E-state index contributed by atoms with van der Waals surface area (Å²) in [4.78, 5) is 29.6. The Balaban J connectivity index is 1.16. The van der Waals surface area contributed by atoms with Gasteiger partial charge in [-0.3, -0.25) is 14.6 Å². The molecule has 0 spiro atoms. The van der Waals surface area contributed by atoms with Gasteiger partial charge in [-0.1, -0.05) is 18.2 Å². The zero-order valence-electron chi connectivity index (χ0n) is 24.8. The molecule has 0 aliphatic heterocycles. The van der Waals surface area contributed by atoms with Gasteiger partial charge in [0, 0.05) is 40.9 Å². The fourth-order valence-corrected chi connectivity index (χ4v) is 5.45. The van der Waals surface area contributed by atoms with Crippen molar-refractivity contribution in [1.29, 1.82) is 0 Å². The number of carbonyl (C=O) groups is 2. The molecule has 228 valence electrons. The van der Waals surface area contributed by atoms with Crippen LogP contribution in [0, 0.1) is 0 Å². The number of amides is 1. The molecule has 9 nitrogen and oxygen atoms in total. The molecule has 3 aromatic carbocycles. The van der Waals surface area contributed by atoms with E-state index in [0.29, 0.717) is 46.4 Å². The zero-order chi connectivity index (χ0) is 30.5. The van der Waals surface area contributed by atoms with Crippen molar-refractivity contribution in [3.63, 3.8) is 0 Å². The number of fused-ring (bicyclic) bond motifs is 1. The van der Waals surface area contributed by atoms with Gasteiger partial charge in [-0.2, -0.15) is 0 Å². The van der Waals surface area contributed by atoms with E-state index < -0.39 is 6.04 Å². The van der Waals surface area contributed by atoms with Crippen molar-refractivity contribution < 1.29 is 28.5 Å². The second-order valence-electron chi connectivity index (χ2n) is 11.4. The van der Waals surface area contributed by atoms with Crippen LogP contribution in [0.15, 0.2) is 72.9 Å². The maximum Gasteiger partial charge on any atom is 0.323 e. The molecule has 2 aliphatic carbocycles. The largest absolute Gasteiger partial charge is 0.493 e. The Morgan fingerprint density at radius 1 is 0.977 bits per heavy atom. The van der Waals surface area contributed by atoms with Crippen LogP contribution in [0.4, 0.5) is 5.69 Å². The second kappa shape index (κ2) is 13.3. The van der Waals surface area contributed by atoms with E-state index in [1.54, 1.807) is 19.2 Å². The first-order valence-electron chi connectivity index (χ1n) is 15.2. The zero-order valence-corrected chi connectivity index (χ0v) is 24.8. The standard InChI is InChI=1S/C35H37N3O6/c1-41-31-19-27-30(20-32(31)42-18-17-29(36)35(40)44-25-9-5-6-10-25)37-21-28(22-11-12-22)33(27)43-26-15-13-24(14-16-26)38-34(39)23-7-3-2-4-8-23/h2-4,7-8,13-16,19-22,25,29H,5-6,9-12,17-18,36H2,1H3,(H,38,39)/t29-/m0/s1. The van der Waals surface area contributed by atoms with Crippen LogP contribution in [0.1, 0.15) is 66.8 Å². The van der Waals surface area contributed by atoms with Crippen LogP contribution in [0.2, 0.25) is 0 Å². The number of nitrogens with one attached hydrogen (secondary N) is 1. The minimum absolute atomic E-state index is 0.0171. The molecule has 1 heterocycles. The fraction of sp³-hybridized carbons (Fsp3) is 0.343. The molecule has 2 aliphatic rings. The van der Waals surface area contributed by atoms with Crippen molar-refractivity contribution in [3.8, 4) is 23.0 Å². The van der Waals surface area contributed by atoms with E-state index in [4.69, 9.17) is 29.7 Å². The van der Waals surface area contributed by atoms with Crippen molar-refractivity contribution >= 4 is 28.5 Å². The molecule has 1 amide bonds. The van der Waals surface area contributed by atoms with Crippen LogP contribution < -0.4 is 25.3 Å². The molecule has 1 atom stereocenters. The van der Waals surface area contributed by atoms with Crippen LogP contribution in [0.25, 0.3) is 10.9 Å². The number of carbonyl (C=O) groups excluding carboxylic acids is 2. The van der Waals surface area contributed by atoms with Gasteiger partial charge in [0.2, 0.25) is 0 Å². The van der Waals surface area contributed by atoms with Crippen molar-refractivity contribution in [1.82, 2.24) is 4.98 Å². The predicted molar refractivity (Wildman–Crippen MR) is 168 cm³/mol.